The van der Waals surface area contributed by atoms with Crippen LogP contribution in [-0.4, -0.2) is 134 Å². The summed E-state index contributed by atoms with van der Waals surface area (Å²) in [5, 5.41) is 2.39. The van der Waals surface area contributed by atoms with Gasteiger partial charge in [0.25, 0.3) is 0 Å². The molecule has 16 nitrogen and oxygen atoms in total. The van der Waals surface area contributed by atoms with Crippen LogP contribution in [0.25, 0.3) is 0 Å². The van der Waals surface area contributed by atoms with E-state index in [1.165, 1.54) is 22.8 Å². The molecule has 0 spiro atoms. The number of allylic oxidation sites excluding steroid dienone is 12. The van der Waals surface area contributed by atoms with Gasteiger partial charge >= 0.3 is 12.0 Å². The summed E-state index contributed by atoms with van der Waals surface area (Å²) in [7, 11) is 4.86. The molecule has 1 amide bonds. The van der Waals surface area contributed by atoms with E-state index in [4.69, 9.17) is 29.4 Å². The molecule has 16 heteroatoms. The molecule has 0 saturated carbocycles. The van der Waals surface area contributed by atoms with E-state index in [0.717, 1.165) is 23.8 Å². The Balaban J connectivity index is -0.0000000505. The first-order chi connectivity index (χ1) is 46.7. The number of aromatic nitrogens is 1. The SMILES string of the molecule is C.C.C.C.C.C.C.C.C.C.C=CC.CC(=NC(N)=NC(C)(C)C)C(C)C.CC(C)/C=C/C(=O)/C=C/C(C)C.CC(C)=C/C=C/C(C)C.CC(C)C1=CC=CC(C(C)C)O1.CC(C)C=NC(C)C.CC(C)COC(C)C.CC(C)OCCOC(C)C.CCOC(=O)c1cc(C(C)C)n(C(C)C)c1C.CNC(C)=O.C[N+](C)=C=O. The van der Waals surface area contributed by atoms with Crippen molar-refractivity contribution in [3.8, 4) is 0 Å². The minimum absolute atomic E-state index is 0. The zero-order valence-electron chi connectivity index (χ0n) is 73.7. The number of carbonyl (C=O) groups is 3. The lowest BCUT2D eigenvalue weighted by Gasteiger charge is -2.25. The van der Waals surface area contributed by atoms with Gasteiger partial charge in [0.1, 0.15) is 20.2 Å². The van der Waals surface area contributed by atoms with Crippen molar-refractivity contribution in [2.24, 2.45) is 68.1 Å². The molecule has 0 aromatic carbocycles. The van der Waals surface area contributed by atoms with E-state index in [-0.39, 0.29) is 104 Å². The second-order valence-corrected chi connectivity index (χ2v) is 30.3. The van der Waals surface area contributed by atoms with Crippen molar-refractivity contribution in [2.75, 3.05) is 47.6 Å². The summed E-state index contributed by atoms with van der Waals surface area (Å²) in [6.07, 6.45) is 26.4. The summed E-state index contributed by atoms with van der Waals surface area (Å²) in [5.74, 6) is 6.05. The summed E-state index contributed by atoms with van der Waals surface area (Å²) in [5.41, 5.74) is 10.8. The van der Waals surface area contributed by atoms with E-state index in [9.17, 15) is 19.2 Å². The molecule has 2 heterocycles. The van der Waals surface area contributed by atoms with Crippen LogP contribution in [0.2, 0.25) is 0 Å². The lowest BCUT2D eigenvalue weighted by Crippen LogP contribution is -2.20. The van der Waals surface area contributed by atoms with Crippen LogP contribution in [0.5, 0.6) is 0 Å². The highest BCUT2D eigenvalue weighted by atomic mass is 16.5. The van der Waals surface area contributed by atoms with Gasteiger partial charge in [0.2, 0.25) is 11.9 Å². The molecule has 2 rings (SSSR count). The minimum Gasteiger partial charge on any atom is -0.490 e. The van der Waals surface area contributed by atoms with Crippen LogP contribution >= 0.6 is 0 Å². The van der Waals surface area contributed by atoms with Gasteiger partial charge in [-0.3, -0.25) is 14.6 Å². The summed E-state index contributed by atoms with van der Waals surface area (Å²) in [6, 6.07) is 2.78. The maximum atomic E-state index is 11.8. The highest BCUT2D eigenvalue weighted by Gasteiger charge is 2.21. The Bertz CT molecular complexity index is 2510. The molecule has 0 aliphatic carbocycles. The van der Waals surface area contributed by atoms with Crippen LogP contribution in [0.1, 0.15) is 364 Å². The first kappa shape index (κ1) is 154. The molecular weight excluding hydrogens is 1400 g/mol. The van der Waals surface area contributed by atoms with Gasteiger partial charge < -0.3 is 39.3 Å². The van der Waals surface area contributed by atoms with Gasteiger partial charge in [-0.2, -0.15) is 9.37 Å². The monoisotopic (exact) mass is 1600 g/mol. The lowest BCUT2D eigenvalue weighted by molar-refractivity contribution is -0.461. The molecular formula is C96H204N7O9+. The van der Waals surface area contributed by atoms with Crippen LogP contribution in [0, 0.1) is 54.3 Å². The Morgan fingerprint density at radius 2 is 1.06 bits per heavy atom. The molecule has 0 bridgehead atoms. The third-order valence-electron chi connectivity index (χ3n) is 11.7. The topological polar surface area (TPSA) is 198 Å². The average Bonchev–Trinajstić information content (AvgIpc) is 1.65. The fraction of sp³-hybridized carbons (Fsp3) is 0.740. The van der Waals surface area contributed by atoms with Gasteiger partial charge in [-0.05, 0) is 209 Å². The lowest BCUT2D eigenvalue weighted by atomic mass is 10.0. The summed E-state index contributed by atoms with van der Waals surface area (Å²) < 4.78 is 30.2. The van der Waals surface area contributed by atoms with Crippen molar-refractivity contribution in [2.45, 2.75) is 385 Å². The molecule has 1 aromatic rings. The van der Waals surface area contributed by atoms with Crippen molar-refractivity contribution >= 4 is 41.6 Å². The van der Waals surface area contributed by atoms with Gasteiger partial charge in [0.15, 0.2) is 5.78 Å². The first-order valence-corrected chi connectivity index (χ1v) is 37.5. The number of esters is 1. The molecule has 1 atom stereocenters. The molecule has 0 fully saturated rings. The molecule has 1 aromatic heterocycles. The number of hydrogen-bond acceptors (Lipinski definition) is 11. The number of isocyanates is 1. The largest absolute Gasteiger partial charge is 0.490 e. The number of nitrogens with zero attached hydrogens (tertiary/aromatic N) is 5. The zero-order valence-corrected chi connectivity index (χ0v) is 73.7. The minimum atomic E-state index is -0.216. The fourth-order valence-electron chi connectivity index (χ4n) is 6.45. The van der Waals surface area contributed by atoms with Crippen molar-refractivity contribution in [1.82, 2.24) is 9.88 Å². The number of nitrogens with two attached hydrogens (primary N) is 1. The predicted molar refractivity (Wildman–Crippen MR) is 514 cm³/mol. The molecule has 0 radical (unpaired) electrons. The van der Waals surface area contributed by atoms with E-state index in [0.29, 0.717) is 115 Å². The first-order valence-electron chi connectivity index (χ1n) is 37.5. The van der Waals surface area contributed by atoms with E-state index in [1.807, 2.05) is 101 Å². The smallest absolute Gasteiger partial charge is 0.423 e. The Morgan fingerprint density at radius 1 is 0.670 bits per heavy atom. The maximum Gasteiger partial charge on any atom is 0.423 e. The Labute approximate surface area is 704 Å². The Morgan fingerprint density at radius 3 is 1.29 bits per heavy atom. The van der Waals surface area contributed by atoms with Crippen molar-refractivity contribution < 1.29 is 47.4 Å². The fourth-order valence-corrected chi connectivity index (χ4v) is 6.45. The Kier molecular flexibility index (Phi) is 134. The van der Waals surface area contributed by atoms with Crippen molar-refractivity contribution in [1.29, 1.82) is 0 Å². The van der Waals surface area contributed by atoms with Gasteiger partial charge in [-0.15, -0.1) is 6.58 Å². The molecule has 0 saturated heterocycles. The molecule has 1 unspecified atom stereocenters. The van der Waals surface area contributed by atoms with E-state index in [1.54, 1.807) is 45.5 Å². The number of hydrogen-bond donors (Lipinski definition) is 2. The van der Waals surface area contributed by atoms with E-state index < -0.39 is 0 Å². The highest BCUT2D eigenvalue weighted by molar-refractivity contribution is 5.99. The number of aliphatic imine (C=N–C) groups is 3. The zero-order chi connectivity index (χ0) is 82.2. The van der Waals surface area contributed by atoms with E-state index in [2.05, 4.69) is 248 Å². The number of amides is 1. The quantitative estimate of drug-likeness (QED) is 0.0122. The van der Waals surface area contributed by atoms with Crippen LogP contribution in [0.15, 0.2) is 106 Å². The summed E-state index contributed by atoms with van der Waals surface area (Å²) in [6.45, 7) is 84.3. The van der Waals surface area contributed by atoms with Gasteiger partial charge in [-0.1, -0.05) is 247 Å². The van der Waals surface area contributed by atoms with Crippen LogP contribution < -0.4 is 11.1 Å². The standard InChI is InChI=1S/C14H23NO2.2C11H18O.C10H21N3.C9H16.C8H18O2.C7H15N.C7H16O.C3H6NO.C3H7NO.C3H6.10CH4/c1-7-17-14(16)12-8-13(9(2)3)15(10(4)5)11(12)6;1-8(2)10-6-5-7-11(12-10)9(3)4;1-9(2)5-7-11(12)8-6-10(3)4;1-7(2)8(3)12-9(11)13-10(4,5)6;1-8(2)6-5-7-9(3)4;1-7(2)9-5-6-10-8(3)4;2*1-6(2)5-8-7(3)4;1-4(2)3-5;1-3(5)4-2;1-3-2;;;;;;;;;;/h8-10H,7H2,1-6H3;2*5-10H,1-4H3;7H,1-6H3,(H2,11,13);5-8H,1-4H3;7-8H,5-6H2,1-4H3;5-7H,1-4H3;6-7H,5H2,1-4H3;1-2H3;1-2H3,(H,4,5);3H,1H2,2H3;10*1H4/q;;;;;;;;+1;;;;;;;;;;;;/b;;7-5+,8-6+;;6-5+;;;;;;;;;;;;;;;;. The highest BCUT2D eigenvalue weighted by Crippen LogP contribution is 2.27. The number of rotatable bonds is 23. The number of ketones is 1. The third-order valence-corrected chi connectivity index (χ3v) is 11.7. The van der Waals surface area contributed by atoms with Crippen LogP contribution in [0.3, 0.4) is 0 Å². The number of nitrogens with one attached hydrogen (secondary N) is 1. The average molecular weight is 1600 g/mol. The molecule has 1 aliphatic heterocycles. The van der Waals surface area contributed by atoms with Crippen molar-refractivity contribution in [3.63, 3.8) is 0 Å². The number of guanidine groups is 1. The van der Waals surface area contributed by atoms with Gasteiger partial charge in [0.05, 0.1) is 55.0 Å². The van der Waals surface area contributed by atoms with Gasteiger partial charge in [-0.25, -0.2) is 14.8 Å². The van der Waals surface area contributed by atoms with Gasteiger partial charge in [0, 0.05) is 61.9 Å². The van der Waals surface area contributed by atoms with Crippen LogP contribution in [0.4, 0.5) is 0 Å². The molecule has 1 aliphatic rings. The second kappa shape index (κ2) is 97.3. The van der Waals surface area contributed by atoms with E-state index >= 15 is 0 Å². The molecule has 676 valence electrons. The molecule has 3 N–H and O–H groups in total. The predicted octanol–water partition coefficient (Wildman–Crippen LogP) is 28.1. The normalized spacial score (nSPS) is 11.5. The van der Waals surface area contributed by atoms with Crippen LogP contribution in [-0.2, 0) is 38.1 Å². The Hall–Kier alpha value is -6.06. The number of carbonyl (C=O) groups excluding carboxylic acids is 4. The molecule has 112 heavy (non-hydrogen) atoms. The maximum absolute atomic E-state index is 11.8. The third kappa shape index (κ3) is 128. The van der Waals surface area contributed by atoms with Crippen molar-refractivity contribution in [3.05, 3.63) is 108 Å². The second-order valence-electron chi connectivity index (χ2n) is 30.3. The summed E-state index contributed by atoms with van der Waals surface area (Å²) in [4.78, 5) is 54.6. The summed E-state index contributed by atoms with van der Waals surface area (Å²) >= 11 is 0. The number of ether oxygens (including phenoxy) is 5.